The number of anilines is 2. The van der Waals surface area contributed by atoms with E-state index in [1.165, 1.54) is 22.4 Å². The highest BCUT2D eigenvalue weighted by Crippen LogP contribution is 2.32. The van der Waals surface area contributed by atoms with Gasteiger partial charge < -0.3 is 10.6 Å². The molecule has 0 saturated carbocycles. The normalized spacial score (nSPS) is 15.5. The lowest BCUT2D eigenvalue weighted by molar-refractivity contribution is 1.10. The number of hydrogen-bond acceptors (Lipinski definition) is 2. The molecule has 0 aromatic heterocycles. The molecule has 2 nitrogen and oxygen atoms in total. The van der Waals surface area contributed by atoms with Gasteiger partial charge in [-0.05, 0) is 49.1 Å². The molecule has 0 saturated heterocycles. The zero-order chi connectivity index (χ0) is 13.2. The molecule has 19 heavy (non-hydrogen) atoms. The van der Waals surface area contributed by atoms with Crippen LogP contribution in [0.3, 0.4) is 0 Å². The van der Waals surface area contributed by atoms with Gasteiger partial charge in [0.05, 0.1) is 11.4 Å². The average molecular weight is 250 g/mol. The van der Waals surface area contributed by atoms with Crippen molar-refractivity contribution in [2.75, 3.05) is 10.6 Å². The second kappa shape index (κ2) is 4.81. The van der Waals surface area contributed by atoms with E-state index in [-0.39, 0.29) is 0 Å². The lowest BCUT2D eigenvalue weighted by Gasteiger charge is -2.07. The van der Waals surface area contributed by atoms with Gasteiger partial charge in [-0.1, -0.05) is 36.4 Å². The first-order valence-corrected chi connectivity index (χ1v) is 6.61. The number of allylic oxidation sites excluding steroid dienone is 1. The van der Waals surface area contributed by atoms with E-state index < -0.39 is 0 Å². The van der Waals surface area contributed by atoms with E-state index in [4.69, 9.17) is 0 Å². The zero-order valence-electron chi connectivity index (χ0n) is 11.3. The summed E-state index contributed by atoms with van der Waals surface area (Å²) in [5, 5.41) is 6.91. The maximum absolute atomic E-state index is 3.46. The molecular formula is C17H18N2. The van der Waals surface area contributed by atoms with Crippen molar-refractivity contribution in [3.63, 3.8) is 0 Å². The number of nitrogens with one attached hydrogen (secondary N) is 2. The van der Waals surface area contributed by atoms with E-state index in [0.717, 1.165) is 17.9 Å². The van der Waals surface area contributed by atoms with Gasteiger partial charge in [0.15, 0.2) is 0 Å². The highest BCUT2D eigenvalue weighted by Gasteiger charge is 2.15. The van der Waals surface area contributed by atoms with Crippen LogP contribution < -0.4 is 10.6 Å². The average Bonchev–Trinajstić information content (AvgIpc) is 2.83. The molecule has 0 spiro atoms. The van der Waals surface area contributed by atoms with Gasteiger partial charge >= 0.3 is 0 Å². The van der Waals surface area contributed by atoms with Crippen LogP contribution in [0.25, 0.3) is 0 Å². The Morgan fingerprint density at radius 2 is 1.68 bits per heavy atom. The Bertz CT molecular complexity index is 627. The van der Waals surface area contributed by atoms with E-state index in [0.29, 0.717) is 0 Å². The van der Waals surface area contributed by atoms with Crippen LogP contribution >= 0.6 is 0 Å². The quantitative estimate of drug-likeness (QED) is 0.830. The van der Waals surface area contributed by atoms with Gasteiger partial charge in [0, 0.05) is 0 Å². The first kappa shape index (κ1) is 11.8. The number of benzene rings is 2. The minimum absolute atomic E-state index is 0.961. The summed E-state index contributed by atoms with van der Waals surface area (Å²) in [5.74, 6) is 1.12. The van der Waals surface area contributed by atoms with Gasteiger partial charge in [0.2, 0.25) is 0 Å². The topological polar surface area (TPSA) is 24.1 Å². The smallest absolute Gasteiger partial charge is 0.107 e. The van der Waals surface area contributed by atoms with E-state index in [9.17, 15) is 0 Å². The molecule has 1 aliphatic rings. The number of hydrogen-bond donors (Lipinski definition) is 2. The Morgan fingerprint density at radius 3 is 2.47 bits per heavy atom. The Kier molecular flexibility index (Phi) is 3.00. The van der Waals surface area contributed by atoms with Crippen molar-refractivity contribution in [1.82, 2.24) is 0 Å². The fourth-order valence-electron chi connectivity index (χ4n) is 2.37. The Labute approximate surface area is 114 Å². The van der Waals surface area contributed by atoms with Crippen LogP contribution in [0.5, 0.6) is 0 Å². The molecule has 0 radical (unpaired) electrons. The molecule has 0 fully saturated rings. The maximum atomic E-state index is 3.46. The first-order chi connectivity index (χ1) is 9.22. The van der Waals surface area contributed by atoms with E-state index in [1.54, 1.807) is 0 Å². The molecule has 0 bridgehead atoms. The summed E-state index contributed by atoms with van der Waals surface area (Å²) in [6.45, 7) is 4.28. The highest BCUT2D eigenvalue weighted by atomic mass is 15.2. The summed E-state index contributed by atoms with van der Waals surface area (Å²) in [6, 6.07) is 17.0. The van der Waals surface area contributed by atoms with Crippen LogP contribution in [0.4, 0.5) is 11.4 Å². The van der Waals surface area contributed by atoms with Gasteiger partial charge in [-0.15, -0.1) is 0 Å². The Morgan fingerprint density at radius 1 is 0.947 bits per heavy atom. The summed E-state index contributed by atoms with van der Waals surface area (Å²) in [6.07, 6.45) is 0.961. The maximum Gasteiger partial charge on any atom is 0.107 e. The fraction of sp³-hybridized carbons (Fsp3) is 0.176. The van der Waals surface area contributed by atoms with Gasteiger partial charge in [-0.2, -0.15) is 0 Å². The van der Waals surface area contributed by atoms with E-state index >= 15 is 0 Å². The molecule has 2 aromatic carbocycles. The first-order valence-electron chi connectivity index (χ1n) is 6.61. The predicted molar refractivity (Wildman–Crippen MR) is 81.3 cm³/mol. The molecule has 2 aromatic rings. The van der Waals surface area contributed by atoms with Crippen LogP contribution in [-0.2, 0) is 6.42 Å². The minimum Gasteiger partial charge on any atom is -0.340 e. The molecule has 0 unspecified atom stereocenters. The van der Waals surface area contributed by atoms with Crippen molar-refractivity contribution in [3.8, 4) is 0 Å². The third-order valence-corrected chi connectivity index (χ3v) is 3.43. The van der Waals surface area contributed by atoms with Crippen LogP contribution in [0.1, 0.15) is 18.1 Å². The molecule has 3 rings (SSSR count). The molecule has 0 aliphatic carbocycles. The largest absolute Gasteiger partial charge is 0.340 e. The lowest BCUT2D eigenvalue weighted by atomic mass is 10.1. The molecular weight excluding hydrogens is 232 g/mol. The van der Waals surface area contributed by atoms with Crippen LogP contribution in [0, 0.1) is 6.92 Å². The second-order valence-corrected chi connectivity index (χ2v) is 5.12. The fourth-order valence-corrected chi connectivity index (χ4v) is 2.37. The van der Waals surface area contributed by atoms with Crippen molar-refractivity contribution < 1.29 is 0 Å². The van der Waals surface area contributed by atoms with Crippen molar-refractivity contribution in [2.45, 2.75) is 20.3 Å². The SMILES string of the molecule is C/C(Cc1ccccc1)=C1/Nc2ccc(C)cc2N1. The molecule has 96 valence electrons. The summed E-state index contributed by atoms with van der Waals surface area (Å²) < 4.78 is 0. The molecule has 2 heteroatoms. The van der Waals surface area contributed by atoms with Crippen molar-refractivity contribution in [3.05, 3.63) is 71.1 Å². The van der Waals surface area contributed by atoms with Crippen molar-refractivity contribution in [1.29, 1.82) is 0 Å². The standard InChI is InChI=1S/C17H18N2/c1-12-8-9-15-16(10-12)19-17(18-15)13(2)11-14-6-4-3-5-7-14/h3-10,18-19H,11H2,1-2H3/b17-13+. The monoisotopic (exact) mass is 250 g/mol. The summed E-state index contributed by atoms with van der Waals surface area (Å²) >= 11 is 0. The predicted octanol–water partition coefficient (Wildman–Crippen LogP) is 4.31. The van der Waals surface area contributed by atoms with Gasteiger partial charge in [-0.3, -0.25) is 0 Å². The van der Waals surface area contributed by atoms with Gasteiger partial charge in [0.25, 0.3) is 0 Å². The molecule has 2 N–H and O–H groups in total. The van der Waals surface area contributed by atoms with Crippen LogP contribution in [-0.4, -0.2) is 0 Å². The van der Waals surface area contributed by atoms with E-state index in [1.807, 2.05) is 0 Å². The molecule has 0 atom stereocenters. The lowest BCUT2D eigenvalue weighted by Crippen LogP contribution is -2.04. The molecule has 1 aliphatic heterocycles. The molecule has 0 amide bonds. The third kappa shape index (κ3) is 2.48. The highest BCUT2D eigenvalue weighted by molar-refractivity contribution is 5.80. The zero-order valence-corrected chi connectivity index (χ0v) is 11.3. The summed E-state index contributed by atoms with van der Waals surface area (Å²) in [4.78, 5) is 0. The summed E-state index contributed by atoms with van der Waals surface area (Å²) in [7, 11) is 0. The van der Waals surface area contributed by atoms with E-state index in [2.05, 4.69) is 73.0 Å². The van der Waals surface area contributed by atoms with Gasteiger partial charge in [-0.25, -0.2) is 0 Å². The number of rotatable bonds is 2. The van der Waals surface area contributed by atoms with Crippen LogP contribution in [0.15, 0.2) is 59.9 Å². The molecule has 1 heterocycles. The Hall–Kier alpha value is -2.22. The Balaban J connectivity index is 1.82. The van der Waals surface area contributed by atoms with Crippen LogP contribution in [0.2, 0.25) is 0 Å². The third-order valence-electron chi connectivity index (χ3n) is 3.43. The second-order valence-electron chi connectivity index (χ2n) is 5.12. The number of fused-ring (bicyclic) bond motifs is 1. The minimum atomic E-state index is 0.961. The summed E-state index contributed by atoms with van der Waals surface area (Å²) in [5.41, 5.74) is 6.26. The van der Waals surface area contributed by atoms with Crippen molar-refractivity contribution in [2.24, 2.45) is 0 Å². The van der Waals surface area contributed by atoms with Gasteiger partial charge in [0.1, 0.15) is 5.82 Å². The number of aryl methyl sites for hydroxylation is 1. The van der Waals surface area contributed by atoms with Crippen molar-refractivity contribution >= 4 is 11.4 Å².